The largest absolute Gasteiger partial charge is 0.137 e. The molecule has 0 fully saturated rings. The molecular weight excluding hydrogens is 1990 g/mol. The van der Waals surface area contributed by atoms with Gasteiger partial charge in [-0.2, -0.15) is 0 Å². The third-order valence-corrected chi connectivity index (χ3v) is 26.7. The van der Waals surface area contributed by atoms with Gasteiger partial charge in [0.15, 0.2) is 0 Å². The maximum absolute atomic E-state index is 2.74. The Morgan fingerprint density at radius 3 is 0.818 bits per heavy atom. The van der Waals surface area contributed by atoms with E-state index in [0.717, 1.165) is 0 Å². The summed E-state index contributed by atoms with van der Waals surface area (Å²) < 4.78 is 0.748. The summed E-state index contributed by atoms with van der Waals surface area (Å²) >= 11 is 39.9. The Hall–Kier alpha value is 11.0. The van der Waals surface area contributed by atoms with Crippen LogP contribution in [0.1, 0.15) is 0 Å². The molecule has 0 N–H and O–H groups in total. The van der Waals surface area contributed by atoms with Crippen molar-refractivity contribution >= 4 is 339 Å². The zero-order chi connectivity index (χ0) is 18.6. The minimum atomic E-state index is 0.00311. The van der Waals surface area contributed by atoms with Crippen LogP contribution in [0.5, 0.6) is 0 Å². The van der Waals surface area contributed by atoms with Crippen LogP contribution in [0, 0.1) is 5.41 Å². The molecule has 0 nitrogen and oxygen atoms in total. The molecule has 0 heterocycles. The van der Waals surface area contributed by atoms with Gasteiger partial charge in [0.1, 0.15) is 1.16 Å². The molecule has 0 atom stereocenters. The lowest BCUT2D eigenvalue weighted by Gasteiger charge is -2.61. The van der Waals surface area contributed by atoms with E-state index in [4.69, 9.17) is 0 Å². The van der Waals surface area contributed by atoms with Gasteiger partial charge in [-0.1, -0.05) is 339 Å². The van der Waals surface area contributed by atoms with Gasteiger partial charge in [0.2, 0.25) is 0 Å². The van der Waals surface area contributed by atoms with E-state index in [1.165, 1.54) is 0 Å². The van der Waals surface area contributed by atoms with E-state index >= 15 is 0 Å². The molecule has 0 unspecified atom stereocenters. The zero-order valence-corrected chi connectivity index (χ0v) is 41.6. The van der Waals surface area contributed by atoms with Crippen LogP contribution >= 0.6 is 339 Å². The minimum absolute atomic E-state index is 0.00311. The molecule has 0 aliphatic carbocycles. The van der Waals surface area contributed by atoms with Gasteiger partial charge in [0.05, 0.1) is 7.35 Å². The molecular formula is C7HI15. The van der Waals surface area contributed by atoms with Crippen LogP contribution in [0.4, 0.5) is 0 Å². The van der Waals surface area contributed by atoms with Crippen LogP contribution in [0.15, 0.2) is 0 Å². The SMILES string of the molecule is IC(I)C(I)(I)C(I)(I)C(C(I)(I)I)(C(I)(I)I)C(I)(I)I. The van der Waals surface area contributed by atoms with Gasteiger partial charge in [-0.25, -0.2) is 0 Å². The molecule has 0 saturated heterocycles. The first-order chi connectivity index (χ1) is 9.19. The molecule has 0 saturated carbocycles. The minimum Gasteiger partial charge on any atom is -0.0686 e. The first-order valence-electron chi connectivity index (χ1n) is 4.43. The summed E-state index contributed by atoms with van der Waals surface area (Å²) in [6.07, 6.45) is 0. The van der Waals surface area contributed by atoms with Crippen molar-refractivity contribution in [3.63, 3.8) is 0 Å². The summed E-state index contributed by atoms with van der Waals surface area (Å²) in [5.74, 6) is 0. The van der Waals surface area contributed by atoms with E-state index in [9.17, 15) is 0 Å². The van der Waals surface area contributed by atoms with Crippen LogP contribution in [0.2, 0.25) is 0 Å². The van der Waals surface area contributed by atoms with Crippen molar-refractivity contribution in [2.24, 2.45) is 5.41 Å². The Balaban J connectivity index is 6.98. The highest BCUT2D eigenvalue weighted by Gasteiger charge is 2.79. The molecule has 0 radical (unpaired) electrons. The summed E-state index contributed by atoms with van der Waals surface area (Å²) in [7, 11) is 0. The first-order valence-corrected chi connectivity index (χ1v) is 20.9. The summed E-state index contributed by atoms with van der Waals surface area (Å²) in [6, 6.07) is 0. The third-order valence-electron chi connectivity index (χ3n) is 2.44. The van der Waals surface area contributed by atoms with Crippen molar-refractivity contribution < 1.29 is 0 Å². The molecule has 0 aromatic rings. The van der Waals surface area contributed by atoms with Crippen molar-refractivity contribution in [3.05, 3.63) is 0 Å². The van der Waals surface area contributed by atoms with Crippen molar-refractivity contribution in [2.45, 2.75) is 3.09 Å². The van der Waals surface area contributed by atoms with Crippen molar-refractivity contribution in [2.75, 3.05) is 0 Å². The predicted molar refractivity (Wildman–Crippen MR) is 230 cm³/mol. The Bertz CT molecular complexity index is 356. The molecule has 134 valence electrons. The van der Waals surface area contributed by atoms with Gasteiger partial charge >= 0.3 is 0 Å². The highest BCUT2D eigenvalue weighted by atomic mass is 127. The second-order valence-corrected chi connectivity index (χ2v) is 52.5. The molecule has 0 rings (SSSR count). The highest BCUT2D eigenvalue weighted by molar-refractivity contribution is 14.3. The molecule has 0 aromatic heterocycles. The van der Waals surface area contributed by atoms with Gasteiger partial charge in [0.25, 0.3) is 0 Å². The lowest BCUT2D eigenvalue weighted by molar-refractivity contribution is 0.396. The average Bonchev–Trinajstić information content (AvgIpc) is 2.08. The predicted octanol–water partition coefficient (Wildman–Crippen LogP) is 12.2. The summed E-state index contributed by atoms with van der Waals surface area (Å²) in [5, 5.41) is 0. The van der Waals surface area contributed by atoms with Gasteiger partial charge < -0.3 is 0 Å². The lowest BCUT2D eigenvalue weighted by Crippen LogP contribution is -2.68. The normalized spacial score (nSPS) is 16.4. The molecule has 0 bridgehead atoms. The Morgan fingerprint density at radius 1 is 0.455 bits per heavy atom. The fourth-order valence-electron chi connectivity index (χ4n) is 1.40. The van der Waals surface area contributed by atoms with Crippen molar-refractivity contribution in [1.29, 1.82) is 0 Å². The Kier molecular flexibility index (Phi) is 18.4. The van der Waals surface area contributed by atoms with E-state index in [1.54, 1.807) is 0 Å². The number of halogens is 15. The topological polar surface area (TPSA) is 0 Å². The standard InChI is InChI=1S/C7HI15/c8-1(9)2(10,11)4(12,13)3(5(14,15)16,6(17,18)19)7(20,21)22/h1H. The monoisotopic (exact) mass is 1990 g/mol. The zero-order valence-electron chi connectivity index (χ0n) is 9.25. The molecule has 0 aromatic carbocycles. The van der Waals surface area contributed by atoms with E-state index in [-0.39, 0.29) is 6.58 Å². The maximum atomic E-state index is 2.74. The molecule has 15 heteroatoms. The Morgan fingerprint density at radius 2 is 0.682 bits per heavy atom. The molecule has 0 aliphatic rings. The van der Waals surface area contributed by atoms with E-state index in [0.29, 0.717) is 1.93 Å². The number of rotatable bonds is 6. The second-order valence-electron chi connectivity index (χ2n) is 3.74. The van der Waals surface area contributed by atoms with Crippen molar-refractivity contribution in [1.82, 2.24) is 0 Å². The smallest absolute Gasteiger partial charge is 0.0686 e. The molecule has 0 amide bonds. The summed E-state index contributed by atoms with van der Waals surface area (Å²) in [6.45, 7) is 0. The Labute approximate surface area is 336 Å². The number of hydrogen-bond acceptors (Lipinski definition) is 0. The van der Waals surface area contributed by atoms with Gasteiger partial charge in [-0.3, -0.25) is 0 Å². The van der Waals surface area contributed by atoms with Crippen molar-refractivity contribution in [3.8, 4) is 0 Å². The van der Waals surface area contributed by atoms with E-state index in [1.807, 2.05) is 0 Å². The summed E-state index contributed by atoms with van der Waals surface area (Å²) in [4.78, 5) is 0. The van der Waals surface area contributed by atoms with Gasteiger partial charge in [-0.15, -0.1) is 0 Å². The number of alkyl halides is 15. The quantitative estimate of drug-likeness (QED) is 0.184. The fourth-order valence-corrected chi connectivity index (χ4v) is 42.7. The highest BCUT2D eigenvalue weighted by Crippen LogP contribution is 2.83. The fraction of sp³-hybridized carbons (Fsp3) is 1.00. The molecule has 0 spiro atoms. The number of hydrogen-bond donors (Lipinski definition) is 0. The lowest BCUT2D eigenvalue weighted by atomic mass is 9.90. The first kappa shape index (κ1) is 33.0. The van der Waals surface area contributed by atoms with Gasteiger partial charge in [-0.05, 0) is 0 Å². The van der Waals surface area contributed by atoms with Crippen LogP contribution in [-0.2, 0) is 0 Å². The van der Waals surface area contributed by atoms with Crippen LogP contribution in [-0.4, -0.2) is 3.09 Å². The van der Waals surface area contributed by atoms with E-state index < -0.39 is 0 Å². The average molecular weight is 1990 g/mol. The maximum Gasteiger partial charge on any atom is 0.137 e. The second kappa shape index (κ2) is 12.3. The van der Waals surface area contributed by atoms with E-state index in [2.05, 4.69) is 339 Å². The van der Waals surface area contributed by atoms with Gasteiger partial charge in [0, 0.05) is 0 Å². The van der Waals surface area contributed by atoms with Crippen LogP contribution in [0.3, 0.4) is 0 Å². The third kappa shape index (κ3) is 7.23. The van der Waals surface area contributed by atoms with Crippen LogP contribution < -0.4 is 0 Å². The summed E-state index contributed by atoms with van der Waals surface area (Å²) in [5.41, 5.74) is 0.00311. The van der Waals surface area contributed by atoms with Crippen LogP contribution in [0.25, 0.3) is 0 Å². The molecule has 22 heavy (non-hydrogen) atoms. The molecule has 0 aliphatic heterocycles.